The summed E-state index contributed by atoms with van der Waals surface area (Å²) in [5.74, 6) is 0.369. The highest BCUT2D eigenvalue weighted by molar-refractivity contribution is 5.81. The number of hydrogen-bond donors (Lipinski definition) is 2. The molecule has 2 atom stereocenters. The summed E-state index contributed by atoms with van der Waals surface area (Å²) in [6.45, 7) is 10.5. The number of likely N-dealkylation sites (N-methyl/N-ethyl adjacent to an activating group) is 1. The van der Waals surface area contributed by atoms with Crippen molar-refractivity contribution >= 4 is 5.91 Å². The van der Waals surface area contributed by atoms with Gasteiger partial charge in [-0.25, -0.2) is 0 Å². The van der Waals surface area contributed by atoms with Crippen LogP contribution in [0, 0.1) is 5.92 Å². The van der Waals surface area contributed by atoms with Crippen molar-refractivity contribution in [1.29, 1.82) is 0 Å². The number of rotatable bonds is 6. The first-order valence-corrected chi connectivity index (χ1v) is 6.90. The van der Waals surface area contributed by atoms with Crippen molar-refractivity contribution in [3.63, 3.8) is 0 Å². The first kappa shape index (κ1) is 15.4. The van der Waals surface area contributed by atoms with Crippen LogP contribution in [0.3, 0.4) is 0 Å². The van der Waals surface area contributed by atoms with Crippen molar-refractivity contribution in [1.82, 2.24) is 10.2 Å². The first-order valence-electron chi connectivity index (χ1n) is 6.90. The number of morpholine rings is 1. The van der Waals surface area contributed by atoms with Gasteiger partial charge in [0.25, 0.3) is 0 Å². The van der Waals surface area contributed by atoms with Crippen molar-refractivity contribution in [2.45, 2.75) is 39.3 Å². The molecule has 1 aliphatic rings. The van der Waals surface area contributed by atoms with Crippen LogP contribution in [0.1, 0.15) is 27.2 Å². The zero-order valence-corrected chi connectivity index (χ0v) is 11.8. The predicted octanol–water partition coefficient (Wildman–Crippen LogP) is 0.197. The highest BCUT2D eigenvalue weighted by Gasteiger charge is 2.21. The van der Waals surface area contributed by atoms with Gasteiger partial charge in [0.15, 0.2) is 0 Å². The standard InChI is InChI=1S/C13H27N3O2/c1-4-16-5-6-18-11(9-16)8-15-13(17)12(14)7-10(2)3/h10-12H,4-9,14H2,1-3H3,(H,15,17)/t11?,12-/m1/s1. The zero-order valence-electron chi connectivity index (χ0n) is 11.8. The maximum absolute atomic E-state index is 11.8. The summed E-state index contributed by atoms with van der Waals surface area (Å²) < 4.78 is 5.62. The number of carbonyl (C=O) groups excluding carboxylic acids is 1. The molecule has 0 radical (unpaired) electrons. The third-order valence-corrected chi connectivity index (χ3v) is 3.24. The Kier molecular flexibility index (Phi) is 6.60. The highest BCUT2D eigenvalue weighted by Crippen LogP contribution is 2.05. The quantitative estimate of drug-likeness (QED) is 0.713. The molecule has 1 fully saturated rings. The van der Waals surface area contributed by atoms with Crippen LogP contribution in [-0.2, 0) is 9.53 Å². The lowest BCUT2D eigenvalue weighted by molar-refractivity contribution is -0.123. The molecule has 0 saturated carbocycles. The van der Waals surface area contributed by atoms with E-state index in [-0.39, 0.29) is 12.0 Å². The summed E-state index contributed by atoms with van der Waals surface area (Å²) in [6.07, 6.45) is 0.812. The lowest BCUT2D eigenvalue weighted by Crippen LogP contribution is -2.50. The molecule has 1 heterocycles. The maximum Gasteiger partial charge on any atom is 0.237 e. The maximum atomic E-state index is 11.8. The average Bonchev–Trinajstić information content (AvgIpc) is 2.35. The molecule has 1 unspecified atom stereocenters. The highest BCUT2D eigenvalue weighted by atomic mass is 16.5. The Bertz CT molecular complexity index is 259. The third kappa shape index (κ3) is 5.33. The first-order chi connectivity index (χ1) is 8.52. The van der Waals surface area contributed by atoms with E-state index in [1.165, 1.54) is 0 Å². The van der Waals surface area contributed by atoms with E-state index in [9.17, 15) is 4.79 Å². The molecular formula is C13H27N3O2. The van der Waals surface area contributed by atoms with E-state index in [1.807, 2.05) is 0 Å². The number of amides is 1. The van der Waals surface area contributed by atoms with Gasteiger partial charge in [-0.05, 0) is 18.9 Å². The molecule has 0 aromatic heterocycles. The third-order valence-electron chi connectivity index (χ3n) is 3.24. The van der Waals surface area contributed by atoms with Gasteiger partial charge in [0.05, 0.1) is 18.8 Å². The van der Waals surface area contributed by atoms with Crippen LogP contribution in [0.2, 0.25) is 0 Å². The second-order valence-corrected chi connectivity index (χ2v) is 5.37. The largest absolute Gasteiger partial charge is 0.374 e. The van der Waals surface area contributed by atoms with Crippen LogP contribution in [-0.4, -0.2) is 55.7 Å². The van der Waals surface area contributed by atoms with E-state index in [0.717, 1.165) is 32.7 Å². The van der Waals surface area contributed by atoms with Crippen molar-refractivity contribution < 1.29 is 9.53 Å². The number of nitrogens with two attached hydrogens (primary N) is 1. The summed E-state index contributed by atoms with van der Waals surface area (Å²) in [6, 6.07) is -0.407. The Labute approximate surface area is 110 Å². The Hall–Kier alpha value is -0.650. The molecule has 18 heavy (non-hydrogen) atoms. The minimum Gasteiger partial charge on any atom is -0.374 e. The molecule has 1 aliphatic heterocycles. The van der Waals surface area contributed by atoms with Gasteiger partial charge in [0.1, 0.15) is 0 Å². The predicted molar refractivity (Wildman–Crippen MR) is 72.3 cm³/mol. The minimum atomic E-state index is -0.407. The molecule has 0 spiro atoms. The normalized spacial score (nSPS) is 23.1. The molecule has 0 aromatic carbocycles. The second kappa shape index (κ2) is 7.71. The molecule has 3 N–H and O–H groups in total. The number of carbonyl (C=O) groups is 1. The number of hydrogen-bond acceptors (Lipinski definition) is 4. The SMILES string of the molecule is CCN1CCOC(CNC(=O)[C@H](N)CC(C)C)C1. The summed E-state index contributed by atoms with van der Waals surface area (Å²) in [5.41, 5.74) is 5.82. The molecule has 1 rings (SSSR count). The number of nitrogens with zero attached hydrogens (tertiary/aromatic N) is 1. The van der Waals surface area contributed by atoms with E-state index in [1.54, 1.807) is 0 Å². The fourth-order valence-electron chi connectivity index (χ4n) is 2.15. The monoisotopic (exact) mass is 257 g/mol. The molecule has 0 bridgehead atoms. The van der Waals surface area contributed by atoms with Crippen LogP contribution in [0.4, 0.5) is 0 Å². The molecule has 0 aliphatic carbocycles. The van der Waals surface area contributed by atoms with Crippen molar-refractivity contribution in [3.8, 4) is 0 Å². The van der Waals surface area contributed by atoms with E-state index >= 15 is 0 Å². The van der Waals surface area contributed by atoms with Crippen LogP contribution < -0.4 is 11.1 Å². The van der Waals surface area contributed by atoms with Gasteiger partial charge in [-0.15, -0.1) is 0 Å². The van der Waals surface area contributed by atoms with Crippen molar-refractivity contribution in [2.75, 3.05) is 32.8 Å². The molecular weight excluding hydrogens is 230 g/mol. The van der Waals surface area contributed by atoms with Gasteiger partial charge >= 0.3 is 0 Å². The Morgan fingerprint density at radius 2 is 2.28 bits per heavy atom. The topological polar surface area (TPSA) is 67.6 Å². The van der Waals surface area contributed by atoms with E-state index in [2.05, 4.69) is 31.0 Å². The van der Waals surface area contributed by atoms with E-state index in [0.29, 0.717) is 12.5 Å². The Morgan fingerprint density at radius 3 is 2.89 bits per heavy atom. The van der Waals surface area contributed by atoms with Crippen LogP contribution >= 0.6 is 0 Å². The molecule has 5 nitrogen and oxygen atoms in total. The smallest absolute Gasteiger partial charge is 0.237 e. The van der Waals surface area contributed by atoms with Gasteiger partial charge < -0.3 is 15.8 Å². The second-order valence-electron chi connectivity index (χ2n) is 5.37. The van der Waals surface area contributed by atoms with Crippen LogP contribution in [0.25, 0.3) is 0 Å². The molecule has 5 heteroatoms. The summed E-state index contributed by atoms with van der Waals surface area (Å²) in [5, 5.41) is 2.89. The molecule has 106 valence electrons. The molecule has 1 amide bonds. The molecule has 0 aromatic rings. The van der Waals surface area contributed by atoms with Gasteiger partial charge in [-0.1, -0.05) is 20.8 Å². The lowest BCUT2D eigenvalue weighted by Gasteiger charge is -2.32. The van der Waals surface area contributed by atoms with Gasteiger partial charge in [0.2, 0.25) is 5.91 Å². The van der Waals surface area contributed by atoms with Crippen molar-refractivity contribution in [3.05, 3.63) is 0 Å². The van der Waals surface area contributed by atoms with E-state index < -0.39 is 6.04 Å². The van der Waals surface area contributed by atoms with Crippen LogP contribution in [0.15, 0.2) is 0 Å². The van der Waals surface area contributed by atoms with Crippen molar-refractivity contribution in [2.24, 2.45) is 11.7 Å². The van der Waals surface area contributed by atoms with Gasteiger partial charge in [-0.2, -0.15) is 0 Å². The Morgan fingerprint density at radius 1 is 1.56 bits per heavy atom. The Balaban J connectivity index is 2.25. The summed E-state index contributed by atoms with van der Waals surface area (Å²) >= 11 is 0. The molecule has 1 saturated heterocycles. The fraction of sp³-hybridized carbons (Fsp3) is 0.923. The average molecular weight is 257 g/mol. The minimum absolute atomic E-state index is 0.0686. The lowest BCUT2D eigenvalue weighted by atomic mass is 10.0. The van der Waals surface area contributed by atoms with Gasteiger partial charge in [0, 0.05) is 19.6 Å². The fourth-order valence-corrected chi connectivity index (χ4v) is 2.15. The zero-order chi connectivity index (χ0) is 13.5. The van der Waals surface area contributed by atoms with Gasteiger partial charge in [-0.3, -0.25) is 9.69 Å². The van der Waals surface area contributed by atoms with Crippen LogP contribution in [0.5, 0.6) is 0 Å². The summed E-state index contributed by atoms with van der Waals surface area (Å²) in [7, 11) is 0. The van der Waals surface area contributed by atoms with E-state index in [4.69, 9.17) is 10.5 Å². The number of ether oxygens (including phenoxy) is 1. The summed E-state index contributed by atoms with van der Waals surface area (Å²) in [4.78, 5) is 14.1. The number of nitrogens with one attached hydrogen (secondary N) is 1.